The van der Waals surface area contributed by atoms with E-state index in [9.17, 15) is 4.79 Å². The molecule has 1 amide bonds. The van der Waals surface area contributed by atoms with E-state index in [0.29, 0.717) is 17.8 Å². The molecule has 0 bridgehead atoms. The molecule has 3 aromatic rings. The van der Waals surface area contributed by atoms with Gasteiger partial charge in [0.05, 0.1) is 0 Å². The van der Waals surface area contributed by atoms with Crippen LogP contribution < -0.4 is 15.5 Å². The number of carbonyl (C=O) groups is 1. The summed E-state index contributed by atoms with van der Waals surface area (Å²) in [5.41, 5.74) is 5.74. The second-order valence-corrected chi connectivity index (χ2v) is 10.3. The summed E-state index contributed by atoms with van der Waals surface area (Å²) in [4.78, 5) is 15.3. The minimum Gasteiger partial charge on any atom is -0.380 e. The topological polar surface area (TPSA) is 68.2 Å². The van der Waals surface area contributed by atoms with E-state index in [4.69, 9.17) is 5.41 Å². The molecule has 4 rings (SSSR count). The van der Waals surface area contributed by atoms with Crippen LogP contribution in [0.5, 0.6) is 0 Å². The van der Waals surface area contributed by atoms with Crippen molar-refractivity contribution in [2.45, 2.75) is 52.0 Å². The third-order valence-corrected chi connectivity index (χ3v) is 6.57. The summed E-state index contributed by atoms with van der Waals surface area (Å²) in [6.45, 7) is 9.40. The molecule has 1 heterocycles. The Balaban J connectivity index is 1.39. The van der Waals surface area contributed by atoms with Gasteiger partial charge in [-0.2, -0.15) is 0 Å². The van der Waals surface area contributed by atoms with Crippen molar-refractivity contribution in [2.75, 3.05) is 28.6 Å². The van der Waals surface area contributed by atoms with E-state index >= 15 is 0 Å². The van der Waals surface area contributed by atoms with E-state index < -0.39 is 5.91 Å². The smallest absolute Gasteiger partial charge is 0.274 e. The zero-order chi connectivity index (χ0) is 24.8. The van der Waals surface area contributed by atoms with Crippen molar-refractivity contribution in [1.82, 2.24) is 0 Å². The lowest BCUT2D eigenvalue weighted by Gasteiger charge is -2.28. The van der Waals surface area contributed by atoms with Gasteiger partial charge >= 0.3 is 0 Å². The van der Waals surface area contributed by atoms with Crippen molar-refractivity contribution in [3.63, 3.8) is 0 Å². The highest BCUT2D eigenvalue weighted by molar-refractivity contribution is 6.48. The largest absolute Gasteiger partial charge is 0.380 e. The fourth-order valence-electron chi connectivity index (χ4n) is 4.40. The minimum atomic E-state index is -0.417. The van der Waals surface area contributed by atoms with Crippen molar-refractivity contribution in [2.24, 2.45) is 0 Å². The normalized spacial score (nSPS) is 13.9. The molecule has 3 aromatic carbocycles. The molecule has 5 heteroatoms. The van der Waals surface area contributed by atoms with Crippen LogP contribution in [-0.2, 0) is 16.8 Å². The summed E-state index contributed by atoms with van der Waals surface area (Å²) in [5, 5.41) is 14.8. The minimum absolute atomic E-state index is 0.0590. The Morgan fingerprint density at radius 3 is 2.20 bits per heavy atom. The van der Waals surface area contributed by atoms with E-state index in [1.54, 1.807) is 0 Å². The molecule has 1 saturated heterocycles. The van der Waals surface area contributed by atoms with Crippen molar-refractivity contribution >= 4 is 28.7 Å². The Hall–Kier alpha value is -3.60. The molecule has 35 heavy (non-hydrogen) atoms. The first-order valence-electron chi connectivity index (χ1n) is 12.5. The van der Waals surface area contributed by atoms with Crippen LogP contribution in [0, 0.1) is 5.41 Å². The maximum Gasteiger partial charge on any atom is 0.274 e. The van der Waals surface area contributed by atoms with Crippen molar-refractivity contribution in [3.05, 3.63) is 89.5 Å². The average Bonchev–Trinajstić information content (AvgIpc) is 2.88. The third kappa shape index (κ3) is 6.30. The molecule has 0 saturated carbocycles. The van der Waals surface area contributed by atoms with Gasteiger partial charge in [0.25, 0.3) is 5.91 Å². The molecular weight excluding hydrogens is 432 g/mol. The summed E-state index contributed by atoms with van der Waals surface area (Å²) >= 11 is 0. The molecule has 3 N–H and O–H groups in total. The summed E-state index contributed by atoms with van der Waals surface area (Å²) in [5.74, 6) is -0.417. The lowest BCUT2D eigenvalue weighted by molar-refractivity contribution is -0.110. The molecule has 182 valence electrons. The van der Waals surface area contributed by atoms with Gasteiger partial charge in [-0.1, -0.05) is 63.2 Å². The maximum absolute atomic E-state index is 12.9. The highest BCUT2D eigenvalue weighted by Gasteiger charge is 2.17. The fourth-order valence-corrected chi connectivity index (χ4v) is 4.40. The van der Waals surface area contributed by atoms with Gasteiger partial charge in [0.1, 0.15) is 5.71 Å². The van der Waals surface area contributed by atoms with Gasteiger partial charge in [0.2, 0.25) is 0 Å². The number of carbonyl (C=O) groups excluding carboxylic acids is 1. The molecular formula is C30H36N4O. The number of piperidine rings is 1. The van der Waals surface area contributed by atoms with E-state index in [0.717, 1.165) is 24.3 Å². The van der Waals surface area contributed by atoms with Gasteiger partial charge in [-0.25, -0.2) is 0 Å². The standard InChI is InChI=1S/C30H36N4O/c1-30(2,3)23-13-11-22(12-14-23)21-32-27-10-6-5-9-26(27)28(31)29(35)33-24-15-17-25(18-16-24)34-19-7-4-8-20-34/h5-6,9-18,31-32H,4,7-8,19-21H2,1-3H3,(H,33,35). The number of hydrogen-bond acceptors (Lipinski definition) is 4. The van der Waals surface area contributed by atoms with Crippen LogP contribution in [0.2, 0.25) is 0 Å². The SMILES string of the molecule is CC(C)(C)c1ccc(CNc2ccccc2C(=N)C(=O)Nc2ccc(N3CCCCC3)cc2)cc1. The van der Waals surface area contributed by atoms with Gasteiger partial charge in [0, 0.05) is 42.3 Å². The quantitative estimate of drug-likeness (QED) is 0.343. The Morgan fingerprint density at radius 2 is 1.54 bits per heavy atom. The first-order chi connectivity index (χ1) is 16.8. The lowest BCUT2D eigenvalue weighted by atomic mass is 9.87. The number of amides is 1. The molecule has 1 aliphatic rings. The van der Waals surface area contributed by atoms with Crippen LogP contribution in [0.1, 0.15) is 56.7 Å². The van der Waals surface area contributed by atoms with Gasteiger partial charge in [-0.15, -0.1) is 0 Å². The number of nitrogens with zero attached hydrogens (tertiary/aromatic N) is 1. The zero-order valence-electron chi connectivity index (χ0n) is 21.0. The summed E-state index contributed by atoms with van der Waals surface area (Å²) in [7, 11) is 0. The lowest BCUT2D eigenvalue weighted by Crippen LogP contribution is -2.29. The fraction of sp³-hybridized carbons (Fsp3) is 0.333. The Bertz CT molecular complexity index is 1150. The summed E-state index contributed by atoms with van der Waals surface area (Å²) < 4.78 is 0. The summed E-state index contributed by atoms with van der Waals surface area (Å²) in [6, 6.07) is 24.0. The number of rotatable bonds is 7. The molecule has 0 unspecified atom stereocenters. The number of nitrogens with one attached hydrogen (secondary N) is 3. The second kappa shape index (κ2) is 10.8. The Morgan fingerprint density at radius 1 is 0.886 bits per heavy atom. The van der Waals surface area contributed by atoms with Crippen molar-refractivity contribution in [1.29, 1.82) is 5.41 Å². The summed E-state index contributed by atoms with van der Waals surface area (Å²) in [6.07, 6.45) is 3.75. The highest BCUT2D eigenvalue weighted by Crippen LogP contribution is 2.24. The van der Waals surface area contributed by atoms with Crippen LogP contribution >= 0.6 is 0 Å². The molecule has 0 aliphatic carbocycles. The van der Waals surface area contributed by atoms with Gasteiger partial charge in [-0.3, -0.25) is 10.2 Å². The first-order valence-corrected chi connectivity index (χ1v) is 12.5. The second-order valence-electron chi connectivity index (χ2n) is 10.3. The Labute approximate surface area is 209 Å². The molecule has 0 atom stereocenters. The average molecular weight is 469 g/mol. The number of benzene rings is 3. The Kier molecular flexibility index (Phi) is 7.54. The molecule has 1 aliphatic heterocycles. The zero-order valence-corrected chi connectivity index (χ0v) is 21.0. The molecule has 1 fully saturated rings. The number of para-hydroxylation sites is 1. The molecule has 5 nitrogen and oxygen atoms in total. The first kappa shape index (κ1) is 24.5. The van der Waals surface area contributed by atoms with E-state index in [1.807, 2.05) is 48.5 Å². The van der Waals surface area contributed by atoms with Crippen LogP contribution in [0.4, 0.5) is 17.1 Å². The van der Waals surface area contributed by atoms with Crippen LogP contribution in [0.15, 0.2) is 72.8 Å². The maximum atomic E-state index is 12.9. The van der Waals surface area contributed by atoms with Crippen molar-refractivity contribution in [3.8, 4) is 0 Å². The monoisotopic (exact) mass is 468 g/mol. The van der Waals surface area contributed by atoms with Gasteiger partial charge < -0.3 is 15.5 Å². The molecule has 0 radical (unpaired) electrons. The molecule has 0 aromatic heterocycles. The molecule has 0 spiro atoms. The number of hydrogen-bond donors (Lipinski definition) is 3. The van der Waals surface area contributed by atoms with Crippen LogP contribution in [-0.4, -0.2) is 24.7 Å². The van der Waals surface area contributed by atoms with E-state index in [1.165, 1.54) is 30.5 Å². The van der Waals surface area contributed by atoms with Crippen molar-refractivity contribution < 1.29 is 4.79 Å². The van der Waals surface area contributed by atoms with Crippen LogP contribution in [0.25, 0.3) is 0 Å². The number of anilines is 3. The van der Waals surface area contributed by atoms with E-state index in [2.05, 4.69) is 60.6 Å². The predicted octanol–water partition coefficient (Wildman–Crippen LogP) is 6.59. The predicted molar refractivity (Wildman–Crippen MR) is 147 cm³/mol. The highest BCUT2D eigenvalue weighted by atomic mass is 16.1. The third-order valence-electron chi connectivity index (χ3n) is 6.57. The van der Waals surface area contributed by atoms with Gasteiger partial charge in [-0.05, 0) is 66.1 Å². The van der Waals surface area contributed by atoms with E-state index in [-0.39, 0.29) is 11.1 Å². The van der Waals surface area contributed by atoms with Gasteiger partial charge in [0.15, 0.2) is 0 Å². The van der Waals surface area contributed by atoms with Crippen LogP contribution in [0.3, 0.4) is 0 Å².